The zero-order valence-electron chi connectivity index (χ0n) is 15.0. The second-order valence-electron chi connectivity index (χ2n) is 5.07. The van der Waals surface area contributed by atoms with Gasteiger partial charge in [-0.3, -0.25) is 0 Å². The minimum Gasteiger partial charge on any atom is -0.475 e. The average molecular weight is 488 g/mol. The molecular formula is C12H17F9N2O6S. The maximum Gasteiger partial charge on any atom is 0.490 e. The van der Waals surface area contributed by atoms with Gasteiger partial charge >= 0.3 is 36.4 Å². The first-order valence-electron chi connectivity index (χ1n) is 6.94. The summed E-state index contributed by atoms with van der Waals surface area (Å²) in [5, 5.41) is 22.0. The third-order valence-electron chi connectivity index (χ3n) is 2.52. The molecule has 0 aromatic carbocycles. The van der Waals surface area contributed by atoms with Crippen molar-refractivity contribution in [2.45, 2.75) is 29.8 Å². The number of carboxylic acids is 3. The van der Waals surface area contributed by atoms with Crippen LogP contribution in [0.25, 0.3) is 0 Å². The number of hydrogen-bond acceptors (Lipinski definition) is 6. The van der Waals surface area contributed by atoms with Crippen molar-refractivity contribution in [3.05, 3.63) is 0 Å². The SMILES string of the molecule is CSC1CN(C)CC1N.O=C(O)C(F)(F)F.O=C(O)C(F)(F)F.O=C(O)C(F)(F)F. The molecule has 18 heteroatoms. The zero-order chi connectivity index (χ0) is 25.1. The van der Waals surface area contributed by atoms with Crippen LogP contribution in [0.4, 0.5) is 39.5 Å². The first-order valence-corrected chi connectivity index (χ1v) is 8.23. The van der Waals surface area contributed by atoms with Gasteiger partial charge in [0.2, 0.25) is 0 Å². The van der Waals surface area contributed by atoms with Crippen molar-refractivity contribution < 1.29 is 69.2 Å². The fourth-order valence-corrected chi connectivity index (χ4v) is 2.08. The summed E-state index contributed by atoms with van der Waals surface area (Å²) >= 11 is 1.88. The van der Waals surface area contributed by atoms with Gasteiger partial charge in [-0.25, -0.2) is 14.4 Å². The van der Waals surface area contributed by atoms with E-state index in [9.17, 15) is 39.5 Å². The topological polar surface area (TPSA) is 141 Å². The van der Waals surface area contributed by atoms with Crippen LogP contribution >= 0.6 is 11.8 Å². The Labute approximate surface area is 166 Å². The molecule has 1 rings (SSSR count). The first-order chi connectivity index (χ1) is 13.1. The Morgan fingerprint density at radius 3 is 1.10 bits per heavy atom. The Morgan fingerprint density at radius 1 is 0.800 bits per heavy atom. The highest BCUT2D eigenvalue weighted by Gasteiger charge is 2.39. The smallest absolute Gasteiger partial charge is 0.475 e. The first kappa shape index (κ1) is 32.7. The second-order valence-corrected chi connectivity index (χ2v) is 6.14. The van der Waals surface area contributed by atoms with E-state index >= 15 is 0 Å². The van der Waals surface area contributed by atoms with E-state index in [-0.39, 0.29) is 0 Å². The van der Waals surface area contributed by atoms with Gasteiger partial charge in [-0.1, -0.05) is 0 Å². The van der Waals surface area contributed by atoms with Crippen molar-refractivity contribution >= 4 is 29.7 Å². The van der Waals surface area contributed by atoms with Crippen LogP contribution in [0.3, 0.4) is 0 Å². The molecule has 1 aliphatic heterocycles. The van der Waals surface area contributed by atoms with Gasteiger partial charge in [-0.05, 0) is 13.3 Å². The predicted octanol–water partition coefficient (Wildman–Crippen LogP) is 1.89. The number of likely N-dealkylation sites (tertiary alicyclic amines) is 1. The molecule has 0 radical (unpaired) electrons. The van der Waals surface area contributed by atoms with Crippen LogP contribution in [0.15, 0.2) is 0 Å². The van der Waals surface area contributed by atoms with E-state index in [1.165, 1.54) is 0 Å². The van der Waals surface area contributed by atoms with Gasteiger partial charge in [0, 0.05) is 24.4 Å². The number of hydrogen-bond donors (Lipinski definition) is 4. The van der Waals surface area contributed by atoms with Gasteiger partial charge in [-0.2, -0.15) is 51.3 Å². The van der Waals surface area contributed by atoms with E-state index < -0.39 is 36.4 Å². The van der Waals surface area contributed by atoms with Crippen LogP contribution in [0, 0.1) is 0 Å². The van der Waals surface area contributed by atoms with E-state index in [4.69, 9.17) is 35.4 Å². The predicted molar refractivity (Wildman–Crippen MR) is 83.8 cm³/mol. The summed E-state index contributed by atoms with van der Waals surface area (Å²) in [4.78, 5) is 29.0. The number of nitrogens with two attached hydrogens (primary N) is 1. The lowest BCUT2D eigenvalue weighted by molar-refractivity contribution is -0.193. The molecule has 1 aliphatic rings. The number of alkyl halides is 9. The van der Waals surface area contributed by atoms with E-state index in [2.05, 4.69) is 18.2 Å². The molecule has 0 aromatic rings. The molecule has 5 N–H and O–H groups in total. The van der Waals surface area contributed by atoms with Crippen LogP contribution in [-0.2, 0) is 14.4 Å². The number of aliphatic carboxylic acids is 3. The number of carboxylic acid groups (broad SMARTS) is 3. The van der Waals surface area contributed by atoms with E-state index in [1.54, 1.807) is 0 Å². The molecule has 0 amide bonds. The number of halogens is 9. The Kier molecular flexibility index (Phi) is 14.6. The summed E-state index contributed by atoms with van der Waals surface area (Å²) in [7, 11) is 2.12. The molecule has 0 bridgehead atoms. The zero-order valence-corrected chi connectivity index (χ0v) is 15.8. The molecule has 0 saturated carbocycles. The summed E-state index contributed by atoms with van der Waals surface area (Å²) in [6.45, 7) is 2.22. The lowest BCUT2D eigenvalue weighted by Crippen LogP contribution is -2.30. The lowest BCUT2D eigenvalue weighted by Gasteiger charge is -2.08. The van der Waals surface area contributed by atoms with E-state index in [1.807, 2.05) is 11.8 Å². The highest BCUT2D eigenvalue weighted by molar-refractivity contribution is 7.99. The molecule has 8 nitrogen and oxygen atoms in total. The van der Waals surface area contributed by atoms with Crippen molar-refractivity contribution in [3.8, 4) is 0 Å². The Morgan fingerprint density at radius 2 is 1.03 bits per heavy atom. The van der Waals surface area contributed by atoms with Crippen LogP contribution in [0.2, 0.25) is 0 Å². The van der Waals surface area contributed by atoms with Crippen molar-refractivity contribution in [1.29, 1.82) is 0 Å². The summed E-state index contributed by atoms with van der Waals surface area (Å²) in [5.41, 5.74) is 5.82. The van der Waals surface area contributed by atoms with Crippen molar-refractivity contribution in [2.24, 2.45) is 5.73 Å². The molecule has 2 unspecified atom stereocenters. The molecule has 1 heterocycles. The fourth-order valence-electron chi connectivity index (χ4n) is 1.24. The third-order valence-corrected chi connectivity index (χ3v) is 3.63. The van der Waals surface area contributed by atoms with Gasteiger partial charge in [0.25, 0.3) is 0 Å². The quantitative estimate of drug-likeness (QED) is 0.407. The molecule has 0 aliphatic carbocycles. The van der Waals surface area contributed by atoms with Crippen LogP contribution in [-0.4, -0.2) is 94.3 Å². The normalized spacial score (nSPS) is 19.2. The average Bonchev–Trinajstić information content (AvgIpc) is 2.84. The van der Waals surface area contributed by atoms with Crippen molar-refractivity contribution in [2.75, 3.05) is 26.4 Å². The largest absolute Gasteiger partial charge is 0.490 e. The third kappa shape index (κ3) is 18.1. The van der Waals surface area contributed by atoms with Gasteiger partial charge in [0.1, 0.15) is 0 Å². The number of rotatable bonds is 1. The van der Waals surface area contributed by atoms with Crippen LogP contribution in [0.1, 0.15) is 0 Å². The number of carbonyl (C=O) groups is 3. The van der Waals surface area contributed by atoms with Gasteiger partial charge in [0.15, 0.2) is 0 Å². The van der Waals surface area contributed by atoms with Crippen LogP contribution in [0.5, 0.6) is 0 Å². The number of nitrogens with zero attached hydrogens (tertiary/aromatic N) is 1. The number of likely N-dealkylation sites (N-methyl/N-ethyl adjacent to an activating group) is 1. The maximum atomic E-state index is 10.6. The monoisotopic (exact) mass is 488 g/mol. The minimum atomic E-state index is -5.08. The molecular weight excluding hydrogens is 471 g/mol. The molecule has 30 heavy (non-hydrogen) atoms. The molecule has 1 saturated heterocycles. The van der Waals surface area contributed by atoms with Crippen LogP contribution < -0.4 is 5.73 Å². The summed E-state index contributed by atoms with van der Waals surface area (Å²) < 4.78 is 95.2. The highest BCUT2D eigenvalue weighted by Crippen LogP contribution is 2.17. The second kappa shape index (κ2) is 13.4. The highest BCUT2D eigenvalue weighted by atomic mass is 32.2. The Hall–Kier alpha value is -1.95. The van der Waals surface area contributed by atoms with E-state index in [0.717, 1.165) is 13.1 Å². The van der Waals surface area contributed by atoms with E-state index in [0.29, 0.717) is 11.3 Å². The van der Waals surface area contributed by atoms with Crippen molar-refractivity contribution in [1.82, 2.24) is 4.90 Å². The molecule has 180 valence electrons. The minimum absolute atomic E-state index is 0.394. The molecule has 0 spiro atoms. The van der Waals surface area contributed by atoms with Crippen molar-refractivity contribution in [3.63, 3.8) is 0 Å². The summed E-state index contributed by atoms with van der Waals surface area (Å²) in [6.07, 6.45) is -13.1. The maximum absolute atomic E-state index is 10.6. The molecule has 2 atom stereocenters. The van der Waals surface area contributed by atoms with Gasteiger partial charge in [-0.15, -0.1) is 0 Å². The number of thioether (sulfide) groups is 1. The molecule has 0 aromatic heterocycles. The standard InChI is InChI=1S/C6H14N2S.3C2HF3O2/c1-8-3-5(7)6(4-8)9-2;3*3-2(4,5)1(6)7/h5-6H,3-4,7H2,1-2H3;3*(H,6,7). The van der Waals surface area contributed by atoms with Gasteiger partial charge in [0.05, 0.1) is 0 Å². The lowest BCUT2D eigenvalue weighted by atomic mass is 10.3. The molecule has 1 fully saturated rings. The summed E-state index contributed by atoms with van der Waals surface area (Å²) in [5.74, 6) is -8.27. The van der Waals surface area contributed by atoms with Gasteiger partial charge < -0.3 is 26.0 Å². The summed E-state index contributed by atoms with van der Waals surface area (Å²) in [6, 6.07) is 0.394. The Balaban J connectivity index is -0.000000327. The fraction of sp³-hybridized carbons (Fsp3) is 0.750. The Bertz CT molecular complexity index is 497.